The molecule has 0 saturated carbocycles. The summed E-state index contributed by atoms with van der Waals surface area (Å²) >= 11 is 1.77. The highest BCUT2D eigenvalue weighted by molar-refractivity contribution is 7.22. The molecular weight excluding hydrogens is 244 g/mol. The maximum Gasteiger partial charge on any atom is 0.186 e. The van der Waals surface area contributed by atoms with Gasteiger partial charge >= 0.3 is 0 Å². The van der Waals surface area contributed by atoms with Crippen molar-refractivity contribution in [1.29, 1.82) is 0 Å². The molecule has 1 saturated heterocycles. The van der Waals surface area contributed by atoms with Crippen LogP contribution in [0.25, 0.3) is 10.2 Å². The molecule has 0 spiro atoms. The van der Waals surface area contributed by atoms with Crippen LogP contribution >= 0.6 is 11.3 Å². The zero-order valence-electron chi connectivity index (χ0n) is 10.8. The summed E-state index contributed by atoms with van der Waals surface area (Å²) in [4.78, 5) is 7.08. The van der Waals surface area contributed by atoms with E-state index in [9.17, 15) is 0 Å². The predicted molar refractivity (Wildman–Crippen MR) is 76.5 cm³/mol. The first-order valence-electron chi connectivity index (χ1n) is 6.45. The van der Waals surface area contributed by atoms with Crippen molar-refractivity contribution in [3.8, 4) is 0 Å². The topological polar surface area (TPSA) is 25.4 Å². The number of benzene rings is 1. The second-order valence-corrected chi connectivity index (χ2v) is 6.05. The molecule has 18 heavy (non-hydrogen) atoms. The Kier molecular flexibility index (Phi) is 2.99. The van der Waals surface area contributed by atoms with E-state index in [1.807, 2.05) is 6.07 Å². The van der Waals surface area contributed by atoms with Gasteiger partial charge < -0.3 is 9.64 Å². The van der Waals surface area contributed by atoms with Crippen LogP contribution in [0.5, 0.6) is 0 Å². The van der Waals surface area contributed by atoms with Gasteiger partial charge in [0.15, 0.2) is 5.13 Å². The Bertz CT molecular complexity index is 520. The molecule has 1 aromatic carbocycles. The van der Waals surface area contributed by atoms with Crippen molar-refractivity contribution < 1.29 is 4.74 Å². The highest BCUT2D eigenvalue weighted by Crippen LogP contribution is 2.32. The molecule has 1 aliphatic heterocycles. The third-order valence-corrected chi connectivity index (χ3v) is 4.74. The summed E-state index contributed by atoms with van der Waals surface area (Å²) in [5, 5.41) is 1.12. The molecule has 3 rings (SSSR count). The number of nitrogens with zero attached hydrogens (tertiary/aromatic N) is 2. The number of para-hydroxylation sites is 1. The van der Waals surface area contributed by atoms with Crippen LogP contribution in [-0.2, 0) is 4.74 Å². The average molecular weight is 262 g/mol. The number of thiazole rings is 1. The minimum Gasteiger partial charge on any atom is -0.372 e. The molecule has 3 nitrogen and oxygen atoms in total. The number of ether oxygens (including phenoxy) is 1. The highest BCUT2D eigenvalue weighted by atomic mass is 32.1. The van der Waals surface area contributed by atoms with Crippen molar-refractivity contribution in [1.82, 2.24) is 4.98 Å². The Morgan fingerprint density at radius 2 is 2.28 bits per heavy atom. The number of rotatable bonds is 2. The van der Waals surface area contributed by atoms with Crippen LogP contribution in [0.4, 0.5) is 5.13 Å². The number of hydrogen-bond donors (Lipinski definition) is 0. The van der Waals surface area contributed by atoms with E-state index >= 15 is 0 Å². The van der Waals surface area contributed by atoms with Crippen LogP contribution in [0.1, 0.15) is 20.3 Å². The number of aromatic nitrogens is 1. The summed E-state index contributed by atoms with van der Waals surface area (Å²) in [6.07, 6.45) is 1.04. The Morgan fingerprint density at radius 3 is 3.06 bits per heavy atom. The lowest BCUT2D eigenvalue weighted by atomic mass is 10.0. The molecule has 0 N–H and O–H groups in total. The molecule has 1 atom stereocenters. The average Bonchev–Trinajstić information content (AvgIpc) is 2.83. The molecule has 2 aromatic rings. The van der Waals surface area contributed by atoms with Gasteiger partial charge in [-0.25, -0.2) is 4.98 Å². The monoisotopic (exact) mass is 262 g/mol. The van der Waals surface area contributed by atoms with Gasteiger partial charge in [-0.1, -0.05) is 30.4 Å². The van der Waals surface area contributed by atoms with Gasteiger partial charge in [-0.2, -0.15) is 0 Å². The molecule has 1 aliphatic rings. The first-order chi connectivity index (χ1) is 8.70. The van der Waals surface area contributed by atoms with Crippen LogP contribution in [-0.4, -0.2) is 30.3 Å². The van der Waals surface area contributed by atoms with Crippen LogP contribution in [0.15, 0.2) is 24.3 Å². The quantitative estimate of drug-likeness (QED) is 0.830. The Labute approximate surface area is 111 Å². The van der Waals surface area contributed by atoms with E-state index in [2.05, 4.69) is 36.9 Å². The largest absolute Gasteiger partial charge is 0.372 e. The lowest BCUT2D eigenvalue weighted by Gasteiger charge is -2.39. The second-order valence-electron chi connectivity index (χ2n) is 5.04. The van der Waals surface area contributed by atoms with Crippen molar-refractivity contribution in [2.24, 2.45) is 0 Å². The fraction of sp³-hybridized carbons (Fsp3) is 0.500. The molecule has 96 valence electrons. The maximum atomic E-state index is 5.88. The first-order valence-corrected chi connectivity index (χ1v) is 7.26. The van der Waals surface area contributed by atoms with E-state index in [4.69, 9.17) is 9.72 Å². The smallest absolute Gasteiger partial charge is 0.186 e. The van der Waals surface area contributed by atoms with Crippen LogP contribution in [0.2, 0.25) is 0 Å². The highest BCUT2D eigenvalue weighted by Gasteiger charge is 2.31. The third-order valence-electron chi connectivity index (χ3n) is 3.64. The van der Waals surface area contributed by atoms with Crippen LogP contribution in [0.3, 0.4) is 0 Å². The van der Waals surface area contributed by atoms with Gasteiger partial charge in [0.05, 0.1) is 22.4 Å². The van der Waals surface area contributed by atoms with E-state index in [-0.39, 0.29) is 5.60 Å². The molecule has 4 heteroatoms. The number of anilines is 1. The van der Waals surface area contributed by atoms with Gasteiger partial charge in [-0.05, 0) is 25.5 Å². The minimum atomic E-state index is -0.0316. The zero-order chi connectivity index (χ0) is 12.6. The SMILES string of the molecule is CCC1(C)CN(c2nc3ccccc3s2)CCO1. The van der Waals surface area contributed by atoms with E-state index in [1.165, 1.54) is 4.70 Å². The van der Waals surface area contributed by atoms with Crippen molar-refractivity contribution in [2.75, 3.05) is 24.6 Å². The maximum absolute atomic E-state index is 5.88. The number of morpholine rings is 1. The summed E-state index contributed by atoms with van der Waals surface area (Å²) in [6, 6.07) is 8.33. The number of hydrogen-bond acceptors (Lipinski definition) is 4. The Balaban J connectivity index is 1.89. The van der Waals surface area contributed by atoms with Crippen molar-refractivity contribution in [3.63, 3.8) is 0 Å². The first kappa shape index (κ1) is 11.9. The summed E-state index contributed by atoms with van der Waals surface area (Å²) in [5.74, 6) is 0. The molecular formula is C14H18N2OS. The lowest BCUT2D eigenvalue weighted by Crippen LogP contribution is -2.49. The molecule has 2 heterocycles. The summed E-state index contributed by atoms with van der Waals surface area (Å²) in [5.41, 5.74) is 1.07. The van der Waals surface area contributed by atoms with Gasteiger partial charge in [0.25, 0.3) is 0 Å². The van der Waals surface area contributed by atoms with Crippen LogP contribution < -0.4 is 4.90 Å². The fourth-order valence-corrected chi connectivity index (χ4v) is 3.29. The van der Waals surface area contributed by atoms with E-state index < -0.39 is 0 Å². The standard InChI is InChI=1S/C14H18N2OS/c1-3-14(2)10-16(8-9-17-14)13-15-11-6-4-5-7-12(11)18-13/h4-7H,3,8-10H2,1-2H3. The fourth-order valence-electron chi connectivity index (χ4n) is 2.30. The van der Waals surface area contributed by atoms with Crippen molar-refractivity contribution in [3.05, 3.63) is 24.3 Å². The van der Waals surface area contributed by atoms with Gasteiger partial charge in [0.1, 0.15) is 0 Å². The molecule has 0 aliphatic carbocycles. The molecule has 1 aromatic heterocycles. The third kappa shape index (κ3) is 2.10. The summed E-state index contributed by atoms with van der Waals surface area (Å²) in [6.45, 7) is 7.04. The summed E-state index contributed by atoms with van der Waals surface area (Å²) in [7, 11) is 0. The zero-order valence-corrected chi connectivity index (χ0v) is 11.7. The van der Waals surface area contributed by atoms with E-state index in [1.54, 1.807) is 11.3 Å². The van der Waals surface area contributed by atoms with Gasteiger partial charge in [0, 0.05) is 13.1 Å². The number of fused-ring (bicyclic) bond motifs is 1. The Morgan fingerprint density at radius 1 is 1.44 bits per heavy atom. The van der Waals surface area contributed by atoms with E-state index in [0.29, 0.717) is 0 Å². The molecule has 1 fully saturated rings. The molecule has 0 radical (unpaired) electrons. The van der Waals surface area contributed by atoms with Gasteiger partial charge in [-0.3, -0.25) is 0 Å². The van der Waals surface area contributed by atoms with E-state index in [0.717, 1.165) is 36.8 Å². The predicted octanol–water partition coefficient (Wildman–Crippen LogP) is 3.30. The van der Waals surface area contributed by atoms with Crippen molar-refractivity contribution in [2.45, 2.75) is 25.9 Å². The van der Waals surface area contributed by atoms with Gasteiger partial charge in [0.2, 0.25) is 0 Å². The lowest BCUT2D eigenvalue weighted by molar-refractivity contribution is -0.0441. The molecule has 0 amide bonds. The minimum absolute atomic E-state index is 0.0316. The second kappa shape index (κ2) is 4.52. The molecule has 1 unspecified atom stereocenters. The molecule has 0 bridgehead atoms. The van der Waals surface area contributed by atoms with Crippen LogP contribution in [0, 0.1) is 0 Å². The normalized spacial score (nSPS) is 24.7. The van der Waals surface area contributed by atoms with Crippen molar-refractivity contribution >= 4 is 26.7 Å². The summed E-state index contributed by atoms with van der Waals surface area (Å²) < 4.78 is 7.14. The Hall–Kier alpha value is -1.13. The van der Waals surface area contributed by atoms with Gasteiger partial charge in [-0.15, -0.1) is 0 Å².